The van der Waals surface area contributed by atoms with Gasteiger partial charge in [-0.3, -0.25) is 0 Å². The van der Waals surface area contributed by atoms with Gasteiger partial charge in [0, 0.05) is 13.6 Å². The molecular formula is C15H20BrN3OS. The van der Waals surface area contributed by atoms with Gasteiger partial charge in [0.1, 0.15) is 11.4 Å². The molecule has 21 heavy (non-hydrogen) atoms. The summed E-state index contributed by atoms with van der Waals surface area (Å²) in [5, 5.41) is 2.13. The number of nitrogens with two attached hydrogens (primary N) is 1. The van der Waals surface area contributed by atoms with Crippen LogP contribution >= 0.6 is 27.3 Å². The summed E-state index contributed by atoms with van der Waals surface area (Å²) in [7, 11) is 2.00. The monoisotopic (exact) mass is 369 g/mol. The van der Waals surface area contributed by atoms with Crippen LogP contribution in [0.25, 0.3) is 0 Å². The predicted octanol–water partition coefficient (Wildman–Crippen LogP) is 4.30. The number of ether oxygens (including phenoxy) is 1. The first kappa shape index (κ1) is 16.1. The highest BCUT2D eigenvalue weighted by molar-refractivity contribution is 9.11. The van der Waals surface area contributed by atoms with E-state index < -0.39 is 0 Å². The molecule has 0 bridgehead atoms. The number of halogens is 1. The lowest BCUT2D eigenvalue weighted by molar-refractivity contribution is 0.125. The summed E-state index contributed by atoms with van der Waals surface area (Å²) >= 11 is 5.16. The summed E-state index contributed by atoms with van der Waals surface area (Å²) < 4.78 is 6.94. The topological polar surface area (TPSA) is 51.4 Å². The second kappa shape index (κ2) is 6.23. The minimum Gasteiger partial charge on any atom is -0.470 e. The molecule has 0 radical (unpaired) electrons. The SMILES string of the molecule is CN(Cc1csc(Br)c1)c1ccc(N)c(OC(C)(C)C)n1. The molecule has 2 heterocycles. The van der Waals surface area contributed by atoms with E-state index in [0.717, 1.165) is 16.1 Å². The highest BCUT2D eigenvalue weighted by Gasteiger charge is 2.16. The van der Waals surface area contributed by atoms with Crippen molar-refractivity contribution in [2.75, 3.05) is 17.7 Å². The number of anilines is 2. The quantitative estimate of drug-likeness (QED) is 0.872. The van der Waals surface area contributed by atoms with E-state index in [9.17, 15) is 0 Å². The molecule has 0 spiro atoms. The predicted molar refractivity (Wildman–Crippen MR) is 93.2 cm³/mol. The Kier molecular flexibility index (Phi) is 4.78. The molecule has 114 valence electrons. The van der Waals surface area contributed by atoms with E-state index in [1.807, 2.05) is 40.0 Å². The first-order valence-corrected chi connectivity index (χ1v) is 8.31. The Morgan fingerprint density at radius 3 is 2.67 bits per heavy atom. The van der Waals surface area contributed by atoms with E-state index in [0.29, 0.717) is 11.6 Å². The van der Waals surface area contributed by atoms with Gasteiger partial charge in [0.15, 0.2) is 0 Å². The summed E-state index contributed by atoms with van der Waals surface area (Å²) in [5.41, 5.74) is 7.42. The van der Waals surface area contributed by atoms with Gasteiger partial charge in [0.05, 0.1) is 9.47 Å². The van der Waals surface area contributed by atoms with Gasteiger partial charge in [-0.1, -0.05) is 0 Å². The summed E-state index contributed by atoms with van der Waals surface area (Å²) in [6, 6.07) is 5.86. The number of aromatic nitrogens is 1. The molecule has 2 N–H and O–H groups in total. The zero-order valence-electron chi connectivity index (χ0n) is 12.7. The summed E-state index contributed by atoms with van der Waals surface area (Å²) in [5.74, 6) is 1.32. The summed E-state index contributed by atoms with van der Waals surface area (Å²) in [6.45, 7) is 6.72. The van der Waals surface area contributed by atoms with Crippen molar-refractivity contribution in [3.63, 3.8) is 0 Å². The van der Waals surface area contributed by atoms with Crippen molar-refractivity contribution in [1.82, 2.24) is 4.98 Å². The molecule has 2 rings (SSSR count). The van der Waals surface area contributed by atoms with Crippen LogP contribution in [0.2, 0.25) is 0 Å². The third-order valence-corrected chi connectivity index (χ3v) is 4.26. The van der Waals surface area contributed by atoms with Crippen LogP contribution in [0.3, 0.4) is 0 Å². The van der Waals surface area contributed by atoms with Crippen LogP contribution in [0.15, 0.2) is 27.4 Å². The highest BCUT2D eigenvalue weighted by Crippen LogP contribution is 2.27. The van der Waals surface area contributed by atoms with Crippen LogP contribution in [0.4, 0.5) is 11.5 Å². The number of hydrogen-bond donors (Lipinski definition) is 1. The van der Waals surface area contributed by atoms with Gasteiger partial charge < -0.3 is 15.4 Å². The summed E-state index contributed by atoms with van der Waals surface area (Å²) in [4.78, 5) is 6.60. The molecule has 0 aliphatic rings. The maximum absolute atomic E-state index is 5.94. The lowest BCUT2D eigenvalue weighted by Gasteiger charge is -2.23. The summed E-state index contributed by atoms with van der Waals surface area (Å²) in [6.07, 6.45) is 0. The molecule has 0 aromatic carbocycles. The van der Waals surface area contributed by atoms with Gasteiger partial charge in [0.2, 0.25) is 5.88 Å². The highest BCUT2D eigenvalue weighted by atomic mass is 79.9. The van der Waals surface area contributed by atoms with Crippen LogP contribution in [-0.2, 0) is 6.54 Å². The normalized spacial score (nSPS) is 11.5. The zero-order valence-corrected chi connectivity index (χ0v) is 15.1. The average molecular weight is 370 g/mol. The van der Waals surface area contributed by atoms with Crippen molar-refractivity contribution in [2.45, 2.75) is 32.9 Å². The first-order chi connectivity index (χ1) is 9.74. The van der Waals surface area contributed by atoms with Gasteiger partial charge in [0.25, 0.3) is 0 Å². The third-order valence-electron chi connectivity index (χ3n) is 2.71. The van der Waals surface area contributed by atoms with Gasteiger partial charge in [-0.15, -0.1) is 11.3 Å². The van der Waals surface area contributed by atoms with Crippen LogP contribution in [0.5, 0.6) is 5.88 Å². The second-order valence-electron chi connectivity index (χ2n) is 5.89. The minimum atomic E-state index is -0.323. The third kappa shape index (κ3) is 4.61. The van der Waals surface area contributed by atoms with Crippen LogP contribution < -0.4 is 15.4 Å². The number of nitrogen functional groups attached to an aromatic ring is 1. The largest absolute Gasteiger partial charge is 0.470 e. The fraction of sp³-hybridized carbons (Fsp3) is 0.400. The minimum absolute atomic E-state index is 0.323. The van der Waals surface area contributed by atoms with E-state index in [-0.39, 0.29) is 5.60 Å². The molecule has 2 aromatic rings. The van der Waals surface area contributed by atoms with Crippen LogP contribution in [0, 0.1) is 0 Å². The van der Waals surface area contributed by atoms with Crippen molar-refractivity contribution in [1.29, 1.82) is 0 Å². The number of nitrogens with zero attached hydrogens (tertiary/aromatic N) is 2. The maximum atomic E-state index is 5.94. The lowest BCUT2D eigenvalue weighted by Crippen LogP contribution is -2.25. The Morgan fingerprint density at radius 1 is 1.38 bits per heavy atom. The molecule has 6 heteroatoms. The van der Waals surface area contributed by atoms with Gasteiger partial charge in [-0.05, 0) is 65.8 Å². The average Bonchev–Trinajstić information content (AvgIpc) is 2.75. The van der Waals surface area contributed by atoms with Crippen molar-refractivity contribution in [3.8, 4) is 5.88 Å². The van der Waals surface area contributed by atoms with Crippen molar-refractivity contribution in [3.05, 3.63) is 32.9 Å². The van der Waals surface area contributed by atoms with Crippen LogP contribution in [-0.4, -0.2) is 17.6 Å². The van der Waals surface area contributed by atoms with E-state index in [4.69, 9.17) is 10.5 Å². The number of thiophene rings is 1. The molecular weight excluding hydrogens is 350 g/mol. The fourth-order valence-electron chi connectivity index (χ4n) is 1.81. The first-order valence-electron chi connectivity index (χ1n) is 6.64. The molecule has 2 aromatic heterocycles. The molecule has 4 nitrogen and oxygen atoms in total. The Balaban J connectivity index is 2.17. The smallest absolute Gasteiger partial charge is 0.239 e. The second-order valence-corrected chi connectivity index (χ2v) is 8.18. The fourth-order valence-corrected chi connectivity index (χ4v) is 3.01. The Bertz CT molecular complexity index is 622. The number of hydrogen-bond acceptors (Lipinski definition) is 5. The Labute approximate surface area is 138 Å². The van der Waals surface area contributed by atoms with E-state index >= 15 is 0 Å². The molecule has 0 amide bonds. The zero-order chi connectivity index (χ0) is 15.6. The van der Waals surface area contributed by atoms with Crippen LogP contribution in [0.1, 0.15) is 26.3 Å². The van der Waals surface area contributed by atoms with Crippen molar-refractivity contribution >= 4 is 38.8 Å². The Hall–Kier alpha value is -1.27. The standard InChI is InChI=1S/C15H20BrN3OS/c1-15(2,3)20-14-11(17)5-6-13(18-14)19(4)8-10-7-12(16)21-9-10/h5-7,9H,8,17H2,1-4H3. The molecule has 0 saturated carbocycles. The van der Waals surface area contributed by atoms with Gasteiger partial charge >= 0.3 is 0 Å². The molecule has 0 fully saturated rings. The number of rotatable bonds is 4. The van der Waals surface area contributed by atoms with Crippen molar-refractivity contribution < 1.29 is 4.74 Å². The molecule has 0 atom stereocenters. The lowest BCUT2D eigenvalue weighted by atomic mass is 10.2. The molecule has 0 aliphatic carbocycles. The number of pyridine rings is 1. The van der Waals surface area contributed by atoms with Crippen molar-refractivity contribution in [2.24, 2.45) is 0 Å². The van der Waals surface area contributed by atoms with E-state index in [2.05, 4.69) is 37.3 Å². The maximum Gasteiger partial charge on any atom is 0.239 e. The van der Waals surface area contributed by atoms with Gasteiger partial charge in [-0.25, -0.2) is 0 Å². The molecule has 0 aliphatic heterocycles. The van der Waals surface area contributed by atoms with E-state index in [1.54, 1.807) is 11.3 Å². The van der Waals surface area contributed by atoms with Gasteiger partial charge in [-0.2, -0.15) is 4.98 Å². The Morgan fingerprint density at radius 2 is 2.10 bits per heavy atom. The molecule has 0 saturated heterocycles. The van der Waals surface area contributed by atoms with E-state index in [1.165, 1.54) is 5.56 Å². The molecule has 0 unspecified atom stereocenters.